The first-order valence-corrected chi connectivity index (χ1v) is 6.54. The van der Waals surface area contributed by atoms with E-state index < -0.39 is 5.82 Å². The molecule has 3 aromatic rings. The van der Waals surface area contributed by atoms with E-state index in [1.165, 1.54) is 6.07 Å². The number of aromatic amines is 1. The summed E-state index contributed by atoms with van der Waals surface area (Å²) in [6, 6.07) is 10.4. The number of para-hydroxylation sites is 1. The quantitative estimate of drug-likeness (QED) is 0.635. The van der Waals surface area contributed by atoms with E-state index in [0.717, 1.165) is 11.1 Å². The highest BCUT2D eigenvalue weighted by molar-refractivity contribution is 5.94. The molecule has 5 heteroatoms. The van der Waals surface area contributed by atoms with Gasteiger partial charge in [-0.3, -0.25) is 0 Å². The lowest BCUT2D eigenvalue weighted by atomic mass is 10.1. The van der Waals surface area contributed by atoms with E-state index in [2.05, 4.69) is 15.2 Å². The van der Waals surface area contributed by atoms with E-state index in [1.807, 2.05) is 32.0 Å². The van der Waals surface area contributed by atoms with Crippen LogP contribution in [0.4, 0.5) is 15.8 Å². The number of nitrogens with one attached hydrogen (secondary N) is 1. The molecule has 0 atom stereocenters. The molecule has 106 valence electrons. The van der Waals surface area contributed by atoms with Crippen molar-refractivity contribution in [3.05, 3.63) is 53.3 Å². The van der Waals surface area contributed by atoms with Crippen molar-refractivity contribution in [1.82, 2.24) is 4.98 Å². The standard InChI is InChI=1S/C16H14FN3O/c1-9-6-10(2)8-11(7-9)19-20-15-12-4-3-5-13(17)14(12)18-16(15)21/h3-8,18,21H,1-2H3. The Morgan fingerprint density at radius 2 is 1.76 bits per heavy atom. The summed E-state index contributed by atoms with van der Waals surface area (Å²) in [5.41, 5.74) is 3.32. The van der Waals surface area contributed by atoms with Gasteiger partial charge in [-0.15, -0.1) is 5.11 Å². The second-order valence-corrected chi connectivity index (χ2v) is 5.03. The summed E-state index contributed by atoms with van der Waals surface area (Å²) >= 11 is 0. The molecule has 0 amide bonds. The predicted octanol–water partition coefficient (Wildman–Crippen LogP) is 5.04. The Morgan fingerprint density at radius 3 is 2.48 bits per heavy atom. The average molecular weight is 283 g/mol. The summed E-state index contributed by atoms with van der Waals surface area (Å²) in [6.07, 6.45) is 0. The summed E-state index contributed by atoms with van der Waals surface area (Å²) in [5.74, 6) is -0.626. The minimum atomic E-state index is -0.435. The van der Waals surface area contributed by atoms with Crippen LogP contribution in [0.2, 0.25) is 0 Å². The van der Waals surface area contributed by atoms with Gasteiger partial charge in [-0.1, -0.05) is 18.2 Å². The zero-order valence-electron chi connectivity index (χ0n) is 11.7. The maximum absolute atomic E-state index is 13.6. The Bertz CT molecular complexity index is 832. The molecular formula is C16H14FN3O. The number of aryl methyl sites for hydroxylation is 2. The smallest absolute Gasteiger partial charge is 0.218 e. The van der Waals surface area contributed by atoms with Crippen molar-refractivity contribution in [3.63, 3.8) is 0 Å². The van der Waals surface area contributed by atoms with Crippen LogP contribution >= 0.6 is 0 Å². The molecule has 0 spiro atoms. The van der Waals surface area contributed by atoms with Gasteiger partial charge in [0.2, 0.25) is 5.88 Å². The summed E-state index contributed by atoms with van der Waals surface area (Å²) < 4.78 is 13.6. The number of fused-ring (bicyclic) bond motifs is 1. The first-order chi connectivity index (χ1) is 10.0. The van der Waals surface area contributed by atoms with Gasteiger partial charge in [0.15, 0.2) is 5.69 Å². The van der Waals surface area contributed by atoms with Gasteiger partial charge in [-0.25, -0.2) is 4.39 Å². The van der Waals surface area contributed by atoms with Crippen molar-refractivity contribution < 1.29 is 9.50 Å². The van der Waals surface area contributed by atoms with Crippen molar-refractivity contribution in [3.8, 4) is 5.88 Å². The van der Waals surface area contributed by atoms with E-state index in [1.54, 1.807) is 12.1 Å². The van der Waals surface area contributed by atoms with Gasteiger partial charge in [0.1, 0.15) is 5.82 Å². The molecule has 1 aromatic heterocycles. The van der Waals surface area contributed by atoms with Gasteiger partial charge in [0.25, 0.3) is 0 Å². The molecule has 0 aliphatic carbocycles. The fourth-order valence-corrected chi connectivity index (χ4v) is 2.37. The van der Waals surface area contributed by atoms with Crippen molar-refractivity contribution in [2.75, 3.05) is 0 Å². The van der Waals surface area contributed by atoms with Crippen LogP contribution in [0.25, 0.3) is 10.9 Å². The number of aromatic hydroxyl groups is 1. The lowest BCUT2D eigenvalue weighted by Crippen LogP contribution is -1.75. The monoisotopic (exact) mass is 283 g/mol. The summed E-state index contributed by atoms with van der Waals surface area (Å²) in [7, 11) is 0. The Kier molecular flexibility index (Phi) is 3.17. The topological polar surface area (TPSA) is 60.7 Å². The van der Waals surface area contributed by atoms with E-state index in [0.29, 0.717) is 11.1 Å². The molecule has 0 unspecified atom stereocenters. The van der Waals surface area contributed by atoms with E-state index in [4.69, 9.17) is 0 Å². The second-order valence-electron chi connectivity index (χ2n) is 5.03. The minimum absolute atomic E-state index is 0.191. The molecule has 0 saturated heterocycles. The summed E-state index contributed by atoms with van der Waals surface area (Å²) in [4.78, 5) is 2.58. The number of benzene rings is 2. The van der Waals surface area contributed by atoms with Gasteiger partial charge in [0, 0.05) is 5.39 Å². The third-order valence-electron chi connectivity index (χ3n) is 3.21. The summed E-state index contributed by atoms with van der Waals surface area (Å²) in [5, 5.41) is 18.6. The zero-order chi connectivity index (χ0) is 15.0. The second kappa shape index (κ2) is 5.01. The molecule has 21 heavy (non-hydrogen) atoms. The molecule has 0 bridgehead atoms. The van der Waals surface area contributed by atoms with Crippen molar-refractivity contribution in [2.24, 2.45) is 10.2 Å². The van der Waals surface area contributed by atoms with Crippen LogP contribution in [0.3, 0.4) is 0 Å². The maximum Gasteiger partial charge on any atom is 0.218 e. The first-order valence-electron chi connectivity index (χ1n) is 6.54. The van der Waals surface area contributed by atoms with Crippen LogP contribution in [0, 0.1) is 19.7 Å². The number of H-pyrrole nitrogens is 1. The molecule has 0 aliphatic rings. The first kappa shape index (κ1) is 13.3. The highest BCUT2D eigenvalue weighted by atomic mass is 19.1. The largest absolute Gasteiger partial charge is 0.493 e. The predicted molar refractivity (Wildman–Crippen MR) is 80.0 cm³/mol. The lowest BCUT2D eigenvalue weighted by molar-refractivity contribution is 0.459. The normalized spacial score (nSPS) is 11.6. The number of hydrogen-bond acceptors (Lipinski definition) is 3. The number of aromatic nitrogens is 1. The summed E-state index contributed by atoms with van der Waals surface area (Å²) in [6.45, 7) is 3.95. The number of hydrogen-bond donors (Lipinski definition) is 2. The molecule has 0 aliphatic heterocycles. The highest BCUT2D eigenvalue weighted by Gasteiger charge is 2.13. The van der Waals surface area contributed by atoms with Crippen LogP contribution in [-0.4, -0.2) is 10.1 Å². The zero-order valence-corrected chi connectivity index (χ0v) is 11.7. The maximum atomic E-state index is 13.6. The number of azo groups is 1. The third kappa shape index (κ3) is 2.50. The van der Waals surface area contributed by atoms with Crippen molar-refractivity contribution in [1.29, 1.82) is 0 Å². The van der Waals surface area contributed by atoms with E-state index >= 15 is 0 Å². The Morgan fingerprint density at radius 1 is 1.05 bits per heavy atom. The third-order valence-corrected chi connectivity index (χ3v) is 3.21. The van der Waals surface area contributed by atoms with Gasteiger partial charge in [0.05, 0.1) is 11.2 Å². The van der Waals surface area contributed by atoms with Crippen molar-refractivity contribution >= 4 is 22.3 Å². The molecule has 1 heterocycles. The van der Waals surface area contributed by atoms with Gasteiger partial charge in [-0.2, -0.15) is 5.11 Å². The number of halogens is 1. The van der Waals surface area contributed by atoms with Crippen LogP contribution in [0.1, 0.15) is 11.1 Å². The van der Waals surface area contributed by atoms with Crippen LogP contribution in [0.15, 0.2) is 46.6 Å². The fraction of sp³-hybridized carbons (Fsp3) is 0.125. The van der Waals surface area contributed by atoms with Crippen LogP contribution in [-0.2, 0) is 0 Å². The average Bonchev–Trinajstić information content (AvgIpc) is 2.73. The van der Waals surface area contributed by atoms with Gasteiger partial charge in [-0.05, 0) is 43.2 Å². The van der Waals surface area contributed by atoms with Crippen LogP contribution in [0.5, 0.6) is 5.88 Å². The number of rotatable bonds is 2. The molecule has 3 rings (SSSR count). The van der Waals surface area contributed by atoms with E-state index in [9.17, 15) is 9.50 Å². The number of nitrogens with zero attached hydrogens (tertiary/aromatic N) is 2. The molecule has 2 aromatic carbocycles. The molecule has 0 fully saturated rings. The Balaban J connectivity index is 2.07. The molecule has 2 N–H and O–H groups in total. The fourth-order valence-electron chi connectivity index (χ4n) is 2.37. The Labute approximate surface area is 121 Å². The van der Waals surface area contributed by atoms with Crippen molar-refractivity contribution in [2.45, 2.75) is 13.8 Å². The highest BCUT2D eigenvalue weighted by Crippen LogP contribution is 2.37. The molecule has 0 radical (unpaired) electrons. The molecular weight excluding hydrogens is 269 g/mol. The van der Waals surface area contributed by atoms with E-state index in [-0.39, 0.29) is 17.1 Å². The van der Waals surface area contributed by atoms with Gasteiger partial charge < -0.3 is 10.1 Å². The Hall–Kier alpha value is -2.69. The molecule has 4 nitrogen and oxygen atoms in total. The minimum Gasteiger partial charge on any atom is -0.493 e. The SMILES string of the molecule is Cc1cc(C)cc(N=Nc2c(O)[nH]c3c(F)cccc23)c1. The van der Waals surface area contributed by atoms with Gasteiger partial charge >= 0.3 is 0 Å². The lowest BCUT2D eigenvalue weighted by Gasteiger charge is -1.98. The molecule has 0 saturated carbocycles. The van der Waals surface area contributed by atoms with Crippen LogP contribution < -0.4 is 0 Å².